The van der Waals surface area contributed by atoms with Crippen molar-refractivity contribution in [1.29, 1.82) is 0 Å². The molecule has 0 spiro atoms. The van der Waals surface area contributed by atoms with Crippen LogP contribution in [-0.2, 0) is 9.59 Å². The summed E-state index contributed by atoms with van der Waals surface area (Å²) in [6, 6.07) is 18.1. The zero-order valence-electron chi connectivity index (χ0n) is 30.3. The number of aromatic amines is 1. The third-order valence-electron chi connectivity index (χ3n) is 9.77. The molecule has 5 aromatic rings. The van der Waals surface area contributed by atoms with Crippen LogP contribution in [0.4, 0.5) is 5.69 Å². The van der Waals surface area contributed by atoms with Gasteiger partial charge in [0.15, 0.2) is 5.82 Å². The van der Waals surface area contributed by atoms with Crippen LogP contribution in [0, 0.1) is 0 Å². The topological polar surface area (TPSA) is 134 Å². The normalized spacial score (nSPS) is 18.0. The van der Waals surface area contributed by atoms with Crippen molar-refractivity contribution >= 4 is 45.7 Å². The van der Waals surface area contributed by atoms with Crippen LogP contribution in [0.1, 0.15) is 52.1 Å². The summed E-state index contributed by atoms with van der Waals surface area (Å²) < 4.78 is 6.89. The maximum Gasteiger partial charge on any atom is 0.241 e. The van der Waals surface area contributed by atoms with Gasteiger partial charge in [0.25, 0.3) is 0 Å². The summed E-state index contributed by atoms with van der Waals surface area (Å²) in [5.41, 5.74) is 6.53. The lowest BCUT2D eigenvalue weighted by Gasteiger charge is -2.29. The first-order valence-corrected chi connectivity index (χ1v) is 19.0. The molecule has 3 aromatic heterocycles. The van der Waals surface area contributed by atoms with Gasteiger partial charge in [-0.1, -0.05) is 30.3 Å². The van der Waals surface area contributed by atoms with Crippen LogP contribution >= 0.6 is 11.8 Å². The van der Waals surface area contributed by atoms with E-state index in [-0.39, 0.29) is 24.0 Å². The second-order valence-corrected chi connectivity index (χ2v) is 15.2. The third-order valence-corrected chi connectivity index (χ3v) is 11.1. The molecule has 0 bridgehead atoms. The number of H-pyrrole nitrogens is 1. The van der Waals surface area contributed by atoms with E-state index in [1.807, 2.05) is 60.0 Å². The predicted molar refractivity (Wildman–Crippen MR) is 206 cm³/mol. The summed E-state index contributed by atoms with van der Waals surface area (Å²) in [6.07, 6.45) is 9.13. The number of fused-ring (bicyclic) bond motifs is 1. The van der Waals surface area contributed by atoms with E-state index in [0.717, 1.165) is 45.5 Å². The highest BCUT2D eigenvalue weighted by atomic mass is 32.2. The fourth-order valence-corrected chi connectivity index (χ4v) is 7.61. The van der Waals surface area contributed by atoms with Gasteiger partial charge in [0.1, 0.15) is 16.8 Å². The molecule has 0 radical (unpaired) electrons. The molecule has 2 aliphatic heterocycles. The first-order valence-electron chi connectivity index (χ1n) is 17.8. The Morgan fingerprint density at radius 3 is 2.46 bits per heavy atom. The van der Waals surface area contributed by atoms with Crippen molar-refractivity contribution in [2.24, 2.45) is 0 Å². The van der Waals surface area contributed by atoms with Gasteiger partial charge in [-0.15, -0.1) is 11.8 Å². The highest BCUT2D eigenvalue weighted by Gasteiger charge is 2.44. The van der Waals surface area contributed by atoms with E-state index in [0.29, 0.717) is 50.7 Å². The molecule has 12 nitrogen and oxygen atoms in total. The van der Waals surface area contributed by atoms with Crippen molar-refractivity contribution in [1.82, 2.24) is 39.7 Å². The molecule has 5 heterocycles. The summed E-state index contributed by atoms with van der Waals surface area (Å²) in [4.78, 5) is 40.2. The number of nitrogens with one attached hydrogen (secondary N) is 2. The molecule has 2 aliphatic rings. The fourth-order valence-electron chi connectivity index (χ4n) is 6.76. The maximum atomic E-state index is 13.8. The van der Waals surface area contributed by atoms with Gasteiger partial charge in [-0.3, -0.25) is 19.6 Å². The van der Waals surface area contributed by atoms with Crippen LogP contribution in [0.5, 0.6) is 5.88 Å². The van der Waals surface area contributed by atoms with Gasteiger partial charge >= 0.3 is 0 Å². The van der Waals surface area contributed by atoms with Gasteiger partial charge in [-0.05, 0) is 82.2 Å². The lowest BCUT2D eigenvalue weighted by atomic mass is 9.98. The molecule has 2 N–H and O–H groups in total. The standard InChI is InChI=1S/C39H45N9O3S/c1-25(2)48-24-41-37(45-48)29-8-6-27(7-9-29)28-14-17-47(18-15-28)35(49)22-46-19-16-39(23-46,52-5)38(50)42-31-11-12-33-32(20-31)36(44-43-33)30-10-13-34(40-21-30)51-26(3)4/h6-14,20-21,24-26H,15-19,22-23H2,1-5H3,(H,42,50)(H,43,44). The zero-order valence-corrected chi connectivity index (χ0v) is 31.1. The number of anilines is 1. The summed E-state index contributed by atoms with van der Waals surface area (Å²) in [5, 5.41) is 16.2. The number of rotatable bonds is 11. The minimum absolute atomic E-state index is 0.0372. The molecule has 13 heteroatoms. The molecule has 7 rings (SSSR count). The molecule has 0 saturated carbocycles. The smallest absolute Gasteiger partial charge is 0.241 e. The Bertz CT molecular complexity index is 2090. The lowest BCUT2D eigenvalue weighted by molar-refractivity contribution is -0.132. The molecule has 270 valence electrons. The molecule has 2 aromatic carbocycles. The average molecular weight is 720 g/mol. The van der Waals surface area contributed by atoms with Crippen molar-refractivity contribution in [3.63, 3.8) is 0 Å². The molecule has 1 fully saturated rings. The molecule has 1 unspecified atom stereocenters. The molecule has 1 saturated heterocycles. The van der Waals surface area contributed by atoms with Crippen LogP contribution in [0.15, 0.2) is 73.2 Å². The molecule has 1 atom stereocenters. The first kappa shape index (κ1) is 35.4. The predicted octanol–water partition coefficient (Wildman–Crippen LogP) is 6.31. The van der Waals surface area contributed by atoms with E-state index in [9.17, 15) is 9.59 Å². The second-order valence-electron chi connectivity index (χ2n) is 14.0. The summed E-state index contributed by atoms with van der Waals surface area (Å²) >= 11 is 1.55. The Hall–Kier alpha value is -5.01. The third kappa shape index (κ3) is 7.47. The molecule has 52 heavy (non-hydrogen) atoms. The monoisotopic (exact) mass is 719 g/mol. The van der Waals surface area contributed by atoms with Crippen LogP contribution in [0.2, 0.25) is 0 Å². The molecular formula is C39H45N9O3S. The van der Waals surface area contributed by atoms with Crippen molar-refractivity contribution in [2.45, 2.75) is 57.4 Å². The Kier molecular flexibility index (Phi) is 10.2. The van der Waals surface area contributed by atoms with Gasteiger partial charge in [0, 0.05) is 66.7 Å². The van der Waals surface area contributed by atoms with Crippen LogP contribution in [0.25, 0.3) is 39.1 Å². The van der Waals surface area contributed by atoms with Crippen molar-refractivity contribution in [3.8, 4) is 28.5 Å². The number of likely N-dealkylation sites (tertiary alicyclic amines) is 1. The van der Waals surface area contributed by atoms with Gasteiger partial charge in [-0.25, -0.2) is 14.6 Å². The van der Waals surface area contributed by atoms with E-state index < -0.39 is 4.75 Å². The van der Waals surface area contributed by atoms with Gasteiger partial charge < -0.3 is 15.0 Å². The first-order chi connectivity index (χ1) is 25.1. The molecule has 2 amide bonds. The van der Waals surface area contributed by atoms with Crippen molar-refractivity contribution in [2.75, 3.05) is 44.3 Å². The minimum atomic E-state index is -0.659. The van der Waals surface area contributed by atoms with Crippen LogP contribution in [0.3, 0.4) is 0 Å². The molecular weight excluding hydrogens is 675 g/mol. The van der Waals surface area contributed by atoms with Gasteiger partial charge in [0.05, 0.1) is 18.2 Å². The average Bonchev–Trinajstić information content (AvgIpc) is 3.91. The van der Waals surface area contributed by atoms with E-state index in [2.05, 4.69) is 79.7 Å². The number of hydrogen-bond donors (Lipinski definition) is 2. The zero-order chi connectivity index (χ0) is 36.4. The lowest BCUT2D eigenvalue weighted by Crippen LogP contribution is -2.45. The van der Waals surface area contributed by atoms with Gasteiger partial charge in [-0.2, -0.15) is 10.2 Å². The number of thioether (sulfide) groups is 1. The number of aromatic nitrogens is 6. The number of pyridine rings is 1. The summed E-state index contributed by atoms with van der Waals surface area (Å²) in [6.45, 7) is 10.8. The summed E-state index contributed by atoms with van der Waals surface area (Å²) in [5.74, 6) is 1.31. The minimum Gasteiger partial charge on any atom is -0.475 e. The number of carbonyl (C=O) groups excluding carboxylic acids is 2. The number of amides is 2. The summed E-state index contributed by atoms with van der Waals surface area (Å²) in [7, 11) is 0. The Balaban J connectivity index is 0.946. The maximum absolute atomic E-state index is 13.8. The number of benzene rings is 2. The highest BCUT2D eigenvalue weighted by Crippen LogP contribution is 2.36. The van der Waals surface area contributed by atoms with Crippen molar-refractivity contribution < 1.29 is 14.3 Å². The van der Waals surface area contributed by atoms with E-state index in [1.165, 1.54) is 5.57 Å². The number of nitrogens with zero attached hydrogens (tertiary/aromatic N) is 7. The largest absolute Gasteiger partial charge is 0.475 e. The Morgan fingerprint density at radius 2 is 1.79 bits per heavy atom. The Labute approximate surface area is 308 Å². The quantitative estimate of drug-likeness (QED) is 0.161. The van der Waals surface area contributed by atoms with E-state index in [4.69, 9.17) is 4.74 Å². The highest BCUT2D eigenvalue weighted by molar-refractivity contribution is 8.00. The second kappa shape index (κ2) is 14.9. The molecule has 0 aliphatic carbocycles. The fraction of sp³-hybridized carbons (Fsp3) is 0.385. The SMILES string of the molecule is CSC1(C(=O)Nc2ccc3[nH]nc(-c4ccc(OC(C)C)nc4)c3c2)CCN(CC(=O)N2CC=C(c3ccc(-c4ncn(C(C)C)n4)cc3)CC2)C1. The number of ether oxygens (including phenoxy) is 1. The number of carbonyl (C=O) groups is 2. The van der Waals surface area contributed by atoms with Crippen molar-refractivity contribution in [3.05, 3.63) is 78.8 Å². The van der Waals surface area contributed by atoms with E-state index >= 15 is 0 Å². The van der Waals surface area contributed by atoms with Crippen LogP contribution in [-0.4, -0.2) is 101 Å². The van der Waals surface area contributed by atoms with Crippen LogP contribution < -0.4 is 10.1 Å². The number of hydrogen-bond acceptors (Lipinski definition) is 9. The van der Waals surface area contributed by atoms with E-state index in [1.54, 1.807) is 24.3 Å². The van der Waals surface area contributed by atoms with Gasteiger partial charge in [0.2, 0.25) is 17.7 Å². The Morgan fingerprint density at radius 1 is 1.00 bits per heavy atom.